The van der Waals surface area contributed by atoms with E-state index in [1.54, 1.807) is 30.8 Å². The lowest BCUT2D eigenvalue weighted by Crippen LogP contribution is -2.54. The van der Waals surface area contributed by atoms with E-state index in [2.05, 4.69) is 5.32 Å². The topological polar surface area (TPSA) is 98.8 Å². The van der Waals surface area contributed by atoms with E-state index in [1.165, 1.54) is 6.92 Å². The highest BCUT2D eigenvalue weighted by molar-refractivity contribution is 7.99. The lowest BCUT2D eigenvalue weighted by atomic mass is 9.88. The van der Waals surface area contributed by atoms with E-state index in [9.17, 15) is 19.2 Å². The first-order valence-corrected chi connectivity index (χ1v) is 13.1. The van der Waals surface area contributed by atoms with Gasteiger partial charge in [-0.25, -0.2) is 4.79 Å². The van der Waals surface area contributed by atoms with Gasteiger partial charge in [-0.2, -0.15) is 0 Å². The van der Waals surface area contributed by atoms with E-state index in [-0.39, 0.29) is 36.8 Å². The van der Waals surface area contributed by atoms with Crippen molar-refractivity contribution in [3.8, 4) is 0 Å². The van der Waals surface area contributed by atoms with Crippen molar-refractivity contribution in [2.24, 2.45) is 5.92 Å². The Kier molecular flexibility index (Phi) is 9.70. The molecule has 1 saturated carbocycles. The molecule has 1 N–H and O–H groups in total. The number of ether oxygens (including phenoxy) is 2. The van der Waals surface area contributed by atoms with Crippen molar-refractivity contribution >= 4 is 35.4 Å². The Bertz CT molecular complexity index is 1080. The minimum atomic E-state index is -1.04. The third kappa shape index (κ3) is 7.68. The van der Waals surface area contributed by atoms with Crippen molar-refractivity contribution in [1.82, 2.24) is 5.32 Å². The summed E-state index contributed by atoms with van der Waals surface area (Å²) in [5.41, 5.74) is 0.525. The maximum atomic E-state index is 12.6. The van der Waals surface area contributed by atoms with Gasteiger partial charge < -0.3 is 14.8 Å². The Balaban J connectivity index is 1.55. The third-order valence-electron chi connectivity index (χ3n) is 6.12. The number of esters is 2. The molecule has 1 aliphatic carbocycles. The van der Waals surface area contributed by atoms with Crippen LogP contribution in [-0.4, -0.2) is 42.4 Å². The molecule has 0 aliphatic heterocycles. The van der Waals surface area contributed by atoms with Crippen LogP contribution in [0, 0.1) is 5.92 Å². The molecule has 1 atom stereocenters. The SMILES string of the molecule is CCOC(=O)C(CC)(CCc1ccc(Sc2ccc(C(=O)COC(=O)C3CC3)cc2)cc1)NC(C)=O. The molecule has 1 aliphatic rings. The molecular weight excluding hydrogens is 478 g/mol. The highest BCUT2D eigenvalue weighted by atomic mass is 32.2. The minimum Gasteiger partial charge on any atom is -0.464 e. The van der Waals surface area contributed by atoms with Crippen LogP contribution in [0.1, 0.15) is 62.4 Å². The molecule has 2 aromatic carbocycles. The smallest absolute Gasteiger partial charge is 0.331 e. The Morgan fingerprint density at radius 2 is 1.56 bits per heavy atom. The summed E-state index contributed by atoms with van der Waals surface area (Å²) in [5.74, 6) is -1.18. The van der Waals surface area contributed by atoms with Gasteiger partial charge in [0, 0.05) is 22.3 Å². The maximum Gasteiger partial charge on any atom is 0.331 e. The van der Waals surface area contributed by atoms with Crippen molar-refractivity contribution in [2.75, 3.05) is 13.2 Å². The zero-order valence-electron chi connectivity index (χ0n) is 21.0. The van der Waals surface area contributed by atoms with Crippen LogP contribution in [0.4, 0.5) is 0 Å². The van der Waals surface area contributed by atoms with E-state index in [4.69, 9.17) is 9.47 Å². The molecule has 36 heavy (non-hydrogen) atoms. The fourth-order valence-electron chi connectivity index (χ4n) is 3.82. The minimum absolute atomic E-state index is 0.0214. The lowest BCUT2D eigenvalue weighted by molar-refractivity contribution is -0.153. The molecule has 0 bridgehead atoms. The van der Waals surface area contributed by atoms with Gasteiger partial charge in [-0.3, -0.25) is 14.4 Å². The van der Waals surface area contributed by atoms with Crippen LogP contribution in [0.2, 0.25) is 0 Å². The summed E-state index contributed by atoms with van der Waals surface area (Å²) in [6.45, 7) is 5.06. The molecule has 0 aromatic heterocycles. The number of aryl methyl sites for hydroxylation is 1. The van der Waals surface area contributed by atoms with Gasteiger partial charge in [0.25, 0.3) is 0 Å². The molecule has 0 heterocycles. The molecule has 192 valence electrons. The van der Waals surface area contributed by atoms with E-state index in [0.29, 0.717) is 24.8 Å². The van der Waals surface area contributed by atoms with Gasteiger partial charge in [0.2, 0.25) is 5.91 Å². The number of hydrogen-bond donors (Lipinski definition) is 1. The number of ketones is 1. The zero-order valence-corrected chi connectivity index (χ0v) is 21.8. The molecule has 0 saturated heterocycles. The Morgan fingerprint density at radius 3 is 2.08 bits per heavy atom. The highest BCUT2D eigenvalue weighted by Crippen LogP contribution is 2.31. The number of Topliss-reactive ketones (excluding diaryl/α,β-unsaturated/α-hetero) is 1. The van der Waals surface area contributed by atoms with Crippen LogP contribution < -0.4 is 5.32 Å². The van der Waals surface area contributed by atoms with E-state index < -0.39 is 11.5 Å². The van der Waals surface area contributed by atoms with E-state index >= 15 is 0 Å². The molecular formula is C28H33NO6S. The van der Waals surface area contributed by atoms with Crippen molar-refractivity contribution in [1.29, 1.82) is 0 Å². The van der Waals surface area contributed by atoms with E-state index in [1.807, 2.05) is 43.3 Å². The number of nitrogens with one attached hydrogen (secondary N) is 1. The largest absolute Gasteiger partial charge is 0.464 e. The number of amides is 1. The van der Waals surface area contributed by atoms with Gasteiger partial charge in [-0.05, 0) is 68.9 Å². The summed E-state index contributed by atoms with van der Waals surface area (Å²) >= 11 is 1.57. The lowest BCUT2D eigenvalue weighted by Gasteiger charge is -2.31. The molecule has 0 spiro atoms. The summed E-state index contributed by atoms with van der Waals surface area (Å²) in [4.78, 5) is 50.2. The second-order valence-electron chi connectivity index (χ2n) is 8.91. The van der Waals surface area contributed by atoms with Crippen LogP contribution in [0.3, 0.4) is 0 Å². The first-order chi connectivity index (χ1) is 17.3. The number of hydrogen-bond acceptors (Lipinski definition) is 7. The fourth-order valence-corrected chi connectivity index (χ4v) is 4.63. The Morgan fingerprint density at radius 1 is 0.944 bits per heavy atom. The normalized spacial score (nSPS) is 14.4. The van der Waals surface area contributed by atoms with Crippen LogP contribution >= 0.6 is 11.8 Å². The van der Waals surface area contributed by atoms with Gasteiger partial charge in [0.05, 0.1) is 12.5 Å². The van der Waals surface area contributed by atoms with Crippen molar-refractivity contribution < 1.29 is 28.7 Å². The Labute approximate surface area is 216 Å². The summed E-state index contributed by atoms with van der Waals surface area (Å²) in [7, 11) is 0. The fraction of sp³-hybridized carbons (Fsp3) is 0.429. The highest BCUT2D eigenvalue weighted by Gasteiger charge is 2.38. The standard InChI is InChI=1S/C28H33NO6S/c1-4-28(29-19(3)30,27(33)34-5-2)17-16-20-6-12-23(13-7-20)36-24-14-10-21(11-15-24)25(31)18-35-26(32)22-8-9-22/h6-7,10-15,22H,4-5,8-9,16-18H2,1-3H3,(H,29,30). The van der Waals surface area contributed by atoms with Crippen LogP contribution in [-0.2, 0) is 30.3 Å². The summed E-state index contributed by atoms with van der Waals surface area (Å²) < 4.78 is 10.3. The second kappa shape index (κ2) is 12.7. The summed E-state index contributed by atoms with van der Waals surface area (Å²) in [5, 5.41) is 2.81. The zero-order chi connectivity index (χ0) is 26.1. The van der Waals surface area contributed by atoms with Crippen LogP contribution in [0.5, 0.6) is 0 Å². The van der Waals surface area contributed by atoms with E-state index in [0.717, 1.165) is 28.2 Å². The summed E-state index contributed by atoms with van der Waals surface area (Å²) in [6, 6.07) is 15.3. The molecule has 7 nitrogen and oxygen atoms in total. The van der Waals surface area contributed by atoms with Gasteiger partial charge in [0.15, 0.2) is 12.4 Å². The van der Waals surface area contributed by atoms with Crippen molar-refractivity contribution in [2.45, 2.75) is 68.2 Å². The monoisotopic (exact) mass is 511 g/mol. The number of carbonyl (C=O) groups excluding carboxylic acids is 4. The molecule has 0 radical (unpaired) electrons. The molecule has 1 unspecified atom stereocenters. The second-order valence-corrected chi connectivity index (χ2v) is 10.1. The van der Waals surface area contributed by atoms with Crippen molar-refractivity contribution in [3.05, 3.63) is 59.7 Å². The average Bonchev–Trinajstić information content (AvgIpc) is 3.72. The predicted molar refractivity (Wildman–Crippen MR) is 137 cm³/mol. The third-order valence-corrected chi connectivity index (χ3v) is 7.13. The quantitative estimate of drug-likeness (QED) is 0.306. The molecule has 1 fully saturated rings. The molecule has 8 heteroatoms. The Hall–Kier alpha value is -3.13. The molecule has 3 rings (SSSR count). The first-order valence-electron chi connectivity index (χ1n) is 12.3. The first kappa shape index (κ1) is 27.5. The summed E-state index contributed by atoms with van der Waals surface area (Å²) in [6.07, 6.45) is 3.20. The predicted octanol–water partition coefficient (Wildman–Crippen LogP) is 4.75. The van der Waals surface area contributed by atoms with Crippen LogP contribution in [0.25, 0.3) is 0 Å². The maximum absolute atomic E-state index is 12.6. The number of rotatable bonds is 13. The molecule has 1 amide bonds. The van der Waals surface area contributed by atoms with Crippen molar-refractivity contribution in [3.63, 3.8) is 0 Å². The number of carbonyl (C=O) groups is 4. The van der Waals surface area contributed by atoms with Gasteiger partial charge in [-0.15, -0.1) is 0 Å². The van der Waals surface area contributed by atoms with Gasteiger partial charge in [-0.1, -0.05) is 43.0 Å². The van der Waals surface area contributed by atoms with Crippen LogP contribution in [0.15, 0.2) is 58.3 Å². The number of benzene rings is 2. The average molecular weight is 512 g/mol. The van der Waals surface area contributed by atoms with Gasteiger partial charge >= 0.3 is 11.9 Å². The molecule has 2 aromatic rings. The van der Waals surface area contributed by atoms with Gasteiger partial charge in [0.1, 0.15) is 5.54 Å².